The summed E-state index contributed by atoms with van der Waals surface area (Å²) in [6.07, 6.45) is 6.59. The van der Waals surface area contributed by atoms with E-state index in [0.717, 1.165) is 32.5 Å². The van der Waals surface area contributed by atoms with E-state index in [1.165, 1.54) is 19.3 Å². The Bertz CT molecular complexity index is 671. The van der Waals surface area contributed by atoms with Crippen LogP contribution >= 0.6 is 11.6 Å². The minimum atomic E-state index is 0.00830. The molecule has 0 aromatic heterocycles. The van der Waals surface area contributed by atoms with Gasteiger partial charge in [0.2, 0.25) is 11.8 Å². The molecular formula is C22H32ClN3O3. The molecule has 1 aromatic rings. The van der Waals surface area contributed by atoms with Gasteiger partial charge < -0.3 is 15.0 Å². The molecule has 0 bridgehead atoms. The predicted molar refractivity (Wildman–Crippen MR) is 114 cm³/mol. The minimum Gasteiger partial charge on any atom is -0.491 e. The maximum Gasteiger partial charge on any atom is 0.242 e. The van der Waals surface area contributed by atoms with Gasteiger partial charge in [0.1, 0.15) is 12.4 Å². The number of amides is 2. The molecule has 0 radical (unpaired) electrons. The highest BCUT2D eigenvalue weighted by Gasteiger charge is 2.22. The van der Waals surface area contributed by atoms with Crippen LogP contribution in [0.2, 0.25) is 5.02 Å². The first-order chi connectivity index (χ1) is 14.1. The number of hydrogen-bond donors (Lipinski definition) is 1. The zero-order chi connectivity index (χ0) is 20.5. The summed E-state index contributed by atoms with van der Waals surface area (Å²) in [5, 5.41) is 3.44. The average Bonchev–Trinajstić information content (AvgIpc) is 2.74. The van der Waals surface area contributed by atoms with E-state index in [0.29, 0.717) is 42.8 Å². The summed E-state index contributed by atoms with van der Waals surface area (Å²) in [7, 11) is 0. The van der Waals surface area contributed by atoms with Gasteiger partial charge in [-0.05, 0) is 30.9 Å². The van der Waals surface area contributed by atoms with Crippen LogP contribution in [0.25, 0.3) is 0 Å². The molecule has 29 heavy (non-hydrogen) atoms. The maximum absolute atomic E-state index is 12.4. The van der Waals surface area contributed by atoms with Gasteiger partial charge in [0.15, 0.2) is 0 Å². The number of halogens is 1. The van der Waals surface area contributed by atoms with Gasteiger partial charge in [-0.1, -0.05) is 43.0 Å². The fraction of sp³-hybridized carbons (Fsp3) is 0.636. The molecule has 0 spiro atoms. The number of nitrogens with zero attached hydrogens (tertiary/aromatic N) is 2. The third kappa shape index (κ3) is 7.19. The second-order valence-electron chi connectivity index (χ2n) is 7.99. The van der Waals surface area contributed by atoms with E-state index in [9.17, 15) is 9.59 Å². The van der Waals surface area contributed by atoms with Crippen molar-refractivity contribution in [2.24, 2.45) is 5.92 Å². The van der Waals surface area contributed by atoms with Crippen molar-refractivity contribution < 1.29 is 14.3 Å². The lowest BCUT2D eigenvalue weighted by atomic mass is 9.87. The maximum atomic E-state index is 12.4. The van der Waals surface area contributed by atoms with Crippen molar-refractivity contribution in [1.82, 2.24) is 15.1 Å². The van der Waals surface area contributed by atoms with Gasteiger partial charge in [-0.15, -0.1) is 0 Å². The molecule has 1 saturated heterocycles. The van der Waals surface area contributed by atoms with E-state index >= 15 is 0 Å². The van der Waals surface area contributed by atoms with Crippen molar-refractivity contribution in [3.63, 3.8) is 0 Å². The number of carbonyl (C=O) groups is 2. The van der Waals surface area contributed by atoms with Crippen molar-refractivity contribution in [1.29, 1.82) is 0 Å². The van der Waals surface area contributed by atoms with Crippen molar-refractivity contribution >= 4 is 23.4 Å². The molecule has 7 heteroatoms. The minimum absolute atomic E-state index is 0.00830. The smallest absolute Gasteiger partial charge is 0.242 e. The molecule has 0 atom stereocenters. The molecule has 1 N–H and O–H groups in total. The van der Waals surface area contributed by atoms with Gasteiger partial charge in [-0.2, -0.15) is 0 Å². The van der Waals surface area contributed by atoms with E-state index in [2.05, 4.69) is 10.2 Å². The number of ether oxygens (including phenoxy) is 1. The zero-order valence-electron chi connectivity index (χ0n) is 17.1. The summed E-state index contributed by atoms with van der Waals surface area (Å²) in [5.74, 6) is 1.22. The summed E-state index contributed by atoms with van der Waals surface area (Å²) in [5.41, 5.74) is 0. The van der Waals surface area contributed by atoms with E-state index in [-0.39, 0.29) is 18.4 Å². The van der Waals surface area contributed by atoms with Crippen LogP contribution in [0.5, 0.6) is 5.75 Å². The number of para-hydroxylation sites is 1. The van der Waals surface area contributed by atoms with Crippen LogP contribution in [0, 0.1) is 5.92 Å². The number of carbonyl (C=O) groups excluding carboxylic acids is 2. The summed E-state index contributed by atoms with van der Waals surface area (Å²) in [4.78, 5) is 28.6. The number of nitrogens with one attached hydrogen (secondary N) is 1. The Kier molecular flexibility index (Phi) is 8.62. The lowest BCUT2D eigenvalue weighted by molar-refractivity contribution is -0.134. The van der Waals surface area contributed by atoms with Crippen LogP contribution < -0.4 is 10.1 Å². The quantitative estimate of drug-likeness (QED) is 0.701. The number of benzene rings is 1. The lowest BCUT2D eigenvalue weighted by Gasteiger charge is -2.34. The second kappa shape index (κ2) is 11.4. The largest absolute Gasteiger partial charge is 0.491 e. The molecule has 1 heterocycles. The predicted octanol–water partition coefficient (Wildman–Crippen LogP) is 2.95. The Morgan fingerprint density at radius 2 is 1.79 bits per heavy atom. The highest BCUT2D eigenvalue weighted by Crippen LogP contribution is 2.26. The van der Waals surface area contributed by atoms with E-state index in [4.69, 9.17) is 16.3 Å². The summed E-state index contributed by atoms with van der Waals surface area (Å²) in [6, 6.07) is 7.46. The van der Waals surface area contributed by atoms with E-state index in [1.54, 1.807) is 0 Å². The third-order valence-electron chi connectivity index (χ3n) is 5.86. The summed E-state index contributed by atoms with van der Waals surface area (Å²) >= 11 is 6.09. The molecule has 1 aliphatic heterocycles. The molecule has 6 nitrogen and oxygen atoms in total. The van der Waals surface area contributed by atoms with Gasteiger partial charge in [0, 0.05) is 39.1 Å². The van der Waals surface area contributed by atoms with Gasteiger partial charge in [0.25, 0.3) is 0 Å². The van der Waals surface area contributed by atoms with Crippen molar-refractivity contribution in [3.8, 4) is 5.75 Å². The lowest BCUT2D eigenvalue weighted by Crippen LogP contribution is -2.51. The van der Waals surface area contributed by atoms with Gasteiger partial charge in [0.05, 0.1) is 11.6 Å². The first kappa shape index (κ1) is 21.9. The number of hydrogen-bond acceptors (Lipinski definition) is 4. The molecule has 1 aliphatic carbocycles. The summed E-state index contributed by atoms with van der Waals surface area (Å²) < 4.78 is 5.74. The fourth-order valence-electron chi connectivity index (χ4n) is 4.08. The molecule has 2 fully saturated rings. The number of rotatable bonds is 8. The molecule has 2 amide bonds. The third-order valence-corrected chi connectivity index (χ3v) is 6.17. The van der Waals surface area contributed by atoms with Gasteiger partial charge >= 0.3 is 0 Å². The second-order valence-corrected chi connectivity index (χ2v) is 8.39. The number of piperazine rings is 1. The van der Waals surface area contributed by atoms with E-state index in [1.807, 2.05) is 29.2 Å². The Hall–Kier alpha value is -1.79. The van der Waals surface area contributed by atoms with Crippen LogP contribution in [0.4, 0.5) is 0 Å². The Balaban J connectivity index is 1.29. The normalized spacial score (nSPS) is 18.4. The topological polar surface area (TPSA) is 61.9 Å². The summed E-state index contributed by atoms with van der Waals surface area (Å²) in [6.45, 7) is 4.47. The molecule has 160 valence electrons. The van der Waals surface area contributed by atoms with Gasteiger partial charge in [-0.25, -0.2) is 0 Å². The van der Waals surface area contributed by atoms with Crippen molar-refractivity contribution in [2.75, 3.05) is 45.9 Å². The Labute approximate surface area is 178 Å². The molecular weight excluding hydrogens is 390 g/mol. The zero-order valence-corrected chi connectivity index (χ0v) is 17.8. The monoisotopic (exact) mass is 421 g/mol. The molecule has 2 aliphatic rings. The highest BCUT2D eigenvalue weighted by atomic mass is 35.5. The van der Waals surface area contributed by atoms with Crippen LogP contribution in [-0.4, -0.2) is 67.5 Å². The van der Waals surface area contributed by atoms with E-state index < -0.39 is 0 Å². The van der Waals surface area contributed by atoms with Crippen molar-refractivity contribution in [3.05, 3.63) is 29.3 Å². The Morgan fingerprint density at radius 3 is 2.52 bits per heavy atom. The first-order valence-electron chi connectivity index (χ1n) is 10.8. The standard InChI is InChI=1S/C22H32ClN3O3/c23-19-8-4-5-9-20(19)29-15-14-25-10-12-26(13-11-25)22(28)17-24-21(27)16-18-6-2-1-3-7-18/h4-5,8-9,18H,1-3,6-7,10-17H2,(H,24,27). The SMILES string of the molecule is O=C(CC1CCCCC1)NCC(=O)N1CCN(CCOc2ccccc2Cl)CC1. The van der Waals surface area contributed by atoms with Crippen LogP contribution in [0.15, 0.2) is 24.3 Å². The molecule has 0 unspecified atom stereocenters. The fourth-order valence-corrected chi connectivity index (χ4v) is 4.27. The van der Waals surface area contributed by atoms with Crippen molar-refractivity contribution in [2.45, 2.75) is 38.5 Å². The first-order valence-corrected chi connectivity index (χ1v) is 11.1. The highest BCUT2D eigenvalue weighted by molar-refractivity contribution is 6.32. The molecule has 3 rings (SSSR count). The average molecular weight is 422 g/mol. The van der Waals surface area contributed by atoms with Gasteiger partial charge in [-0.3, -0.25) is 14.5 Å². The van der Waals surface area contributed by atoms with Crippen LogP contribution in [-0.2, 0) is 9.59 Å². The molecule has 1 saturated carbocycles. The Morgan fingerprint density at radius 1 is 1.07 bits per heavy atom. The van der Waals surface area contributed by atoms with Crippen LogP contribution in [0.1, 0.15) is 38.5 Å². The molecule has 1 aromatic carbocycles. The van der Waals surface area contributed by atoms with Crippen LogP contribution in [0.3, 0.4) is 0 Å².